The molecular formula is C13H24N2O2S. The van der Waals surface area contributed by atoms with Crippen molar-refractivity contribution in [2.45, 2.75) is 39.7 Å². The van der Waals surface area contributed by atoms with E-state index in [0.717, 1.165) is 24.5 Å². The first-order chi connectivity index (χ1) is 8.54. The van der Waals surface area contributed by atoms with Crippen LogP contribution >= 0.6 is 11.8 Å². The number of nitrogens with one attached hydrogen (secondary N) is 1. The summed E-state index contributed by atoms with van der Waals surface area (Å²) < 4.78 is 0. The van der Waals surface area contributed by atoms with Crippen LogP contribution in [0, 0.1) is 5.92 Å². The minimum atomic E-state index is -0.327. The smallest absolute Gasteiger partial charge is 0.245 e. The van der Waals surface area contributed by atoms with E-state index in [1.165, 1.54) is 0 Å². The molecular weight excluding hydrogens is 248 g/mol. The van der Waals surface area contributed by atoms with Crippen LogP contribution in [0.25, 0.3) is 0 Å². The molecule has 4 nitrogen and oxygen atoms in total. The standard InChI is InChI=1S/C13H24N2O2S/c1-4-18-8-7-15-6-5-12(16)14-11(13(15)17)9-10(2)3/h10-11H,4-9H2,1-3H3,(H,14,16). The summed E-state index contributed by atoms with van der Waals surface area (Å²) in [6.45, 7) is 7.56. The van der Waals surface area contributed by atoms with E-state index in [2.05, 4.69) is 26.1 Å². The average Bonchev–Trinajstić information content (AvgIpc) is 2.42. The van der Waals surface area contributed by atoms with E-state index in [1.807, 2.05) is 16.7 Å². The predicted octanol–water partition coefficient (Wildman–Crippen LogP) is 1.50. The van der Waals surface area contributed by atoms with E-state index in [1.54, 1.807) is 0 Å². The summed E-state index contributed by atoms with van der Waals surface area (Å²) in [5.41, 5.74) is 0. The molecule has 1 N–H and O–H groups in total. The first-order valence-electron chi connectivity index (χ1n) is 6.70. The molecule has 1 saturated heterocycles. The summed E-state index contributed by atoms with van der Waals surface area (Å²) in [6.07, 6.45) is 1.15. The van der Waals surface area contributed by atoms with Crippen LogP contribution in [0.3, 0.4) is 0 Å². The van der Waals surface area contributed by atoms with Gasteiger partial charge in [0.05, 0.1) is 0 Å². The molecule has 18 heavy (non-hydrogen) atoms. The molecule has 0 aromatic rings. The number of amides is 2. The van der Waals surface area contributed by atoms with Crippen molar-refractivity contribution >= 4 is 23.6 Å². The molecule has 0 bridgehead atoms. The van der Waals surface area contributed by atoms with Crippen LogP contribution in [-0.4, -0.2) is 47.4 Å². The third-order valence-electron chi connectivity index (χ3n) is 2.97. The van der Waals surface area contributed by atoms with Gasteiger partial charge in [-0.05, 0) is 18.1 Å². The Morgan fingerprint density at radius 1 is 1.44 bits per heavy atom. The Balaban J connectivity index is 2.61. The van der Waals surface area contributed by atoms with Gasteiger partial charge in [-0.2, -0.15) is 11.8 Å². The zero-order chi connectivity index (χ0) is 13.5. The van der Waals surface area contributed by atoms with Gasteiger partial charge in [0, 0.05) is 25.3 Å². The lowest BCUT2D eigenvalue weighted by molar-refractivity contribution is -0.133. The fourth-order valence-electron chi connectivity index (χ4n) is 2.07. The fourth-order valence-corrected chi connectivity index (χ4v) is 2.71. The predicted molar refractivity (Wildman–Crippen MR) is 75.6 cm³/mol. The van der Waals surface area contributed by atoms with Gasteiger partial charge in [-0.15, -0.1) is 0 Å². The summed E-state index contributed by atoms with van der Waals surface area (Å²) in [5, 5.41) is 2.84. The van der Waals surface area contributed by atoms with E-state index >= 15 is 0 Å². The van der Waals surface area contributed by atoms with Crippen molar-refractivity contribution < 1.29 is 9.59 Å². The molecule has 0 saturated carbocycles. The van der Waals surface area contributed by atoms with Crippen LogP contribution in [0.5, 0.6) is 0 Å². The van der Waals surface area contributed by atoms with E-state index in [0.29, 0.717) is 18.9 Å². The molecule has 2 amide bonds. The summed E-state index contributed by atoms with van der Waals surface area (Å²) >= 11 is 1.83. The third kappa shape index (κ3) is 4.88. The highest BCUT2D eigenvalue weighted by Gasteiger charge is 2.29. The first-order valence-corrected chi connectivity index (χ1v) is 7.86. The Morgan fingerprint density at radius 2 is 2.17 bits per heavy atom. The number of rotatable bonds is 6. The third-order valence-corrected chi connectivity index (χ3v) is 3.85. The lowest BCUT2D eigenvalue weighted by atomic mass is 10.0. The highest BCUT2D eigenvalue weighted by molar-refractivity contribution is 7.99. The SMILES string of the molecule is CCSCCN1CCC(=O)NC(CC(C)C)C1=O. The molecule has 1 aliphatic rings. The van der Waals surface area contributed by atoms with E-state index in [4.69, 9.17) is 0 Å². The van der Waals surface area contributed by atoms with E-state index in [9.17, 15) is 9.59 Å². The Hall–Kier alpha value is -0.710. The lowest BCUT2D eigenvalue weighted by Crippen LogP contribution is -2.45. The van der Waals surface area contributed by atoms with Crippen LogP contribution in [0.2, 0.25) is 0 Å². The molecule has 1 unspecified atom stereocenters. The van der Waals surface area contributed by atoms with Gasteiger partial charge in [0.2, 0.25) is 11.8 Å². The molecule has 0 spiro atoms. The summed E-state index contributed by atoms with van der Waals surface area (Å²) in [4.78, 5) is 25.8. The number of carbonyl (C=O) groups excluding carboxylic acids is 2. The number of nitrogens with zero attached hydrogens (tertiary/aromatic N) is 1. The molecule has 1 heterocycles. The van der Waals surface area contributed by atoms with Gasteiger partial charge in [-0.25, -0.2) is 0 Å². The molecule has 0 aromatic carbocycles. The number of hydrogen-bond acceptors (Lipinski definition) is 3. The number of carbonyl (C=O) groups is 2. The minimum absolute atomic E-state index is 0.000329. The van der Waals surface area contributed by atoms with Gasteiger partial charge in [0.15, 0.2) is 0 Å². The van der Waals surface area contributed by atoms with Crippen molar-refractivity contribution in [2.75, 3.05) is 24.6 Å². The van der Waals surface area contributed by atoms with E-state index < -0.39 is 0 Å². The highest BCUT2D eigenvalue weighted by Crippen LogP contribution is 2.12. The Morgan fingerprint density at radius 3 is 2.78 bits per heavy atom. The monoisotopic (exact) mass is 272 g/mol. The van der Waals surface area contributed by atoms with Crippen molar-refractivity contribution in [3.05, 3.63) is 0 Å². The average molecular weight is 272 g/mol. The maximum absolute atomic E-state index is 12.3. The summed E-state index contributed by atoms with van der Waals surface area (Å²) in [7, 11) is 0. The van der Waals surface area contributed by atoms with Gasteiger partial charge >= 0.3 is 0 Å². The van der Waals surface area contributed by atoms with Crippen LogP contribution in [0.4, 0.5) is 0 Å². The van der Waals surface area contributed by atoms with Gasteiger partial charge in [0.1, 0.15) is 6.04 Å². The van der Waals surface area contributed by atoms with Gasteiger partial charge < -0.3 is 10.2 Å². The molecule has 1 fully saturated rings. The fraction of sp³-hybridized carbons (Fsp3) is 0.846. The number of thioether (sulfide) groups is 1. The van der Waals surface area contributed by atoms with Crippen LogP contribution in [-0.2, 0) is 9.59 Å². The second-order valence-electron chi connectivity index (χ2n) is 5.02. The van der Waals surface area contributed by atoms with Crippen molar-refractivity contribution in [3.63, 3.8) is 0 Å². The zero-order valence-electron chi connectivity index (χ0n) is 11.6. The van der Waals surface area contributed by atoms with Crippen molar-refractivity contribution in [3.8, 4) is 0 Å². The second kappa shape index (κ2) is 7.67. The zero-order valence-corrected chi connectivity index (χ0v) is 12.4. The largest absolute Gasteiger partial charge is 0.344 e. The molecule has 0 aliphatic carbocycles. The summed E-state index contributed by atoms with van der Waals surface area (Å²) in [6, 6.07) is -0.327. The van der Waals surface area contributed by atoms with Crippen molar-refractivity contribution in [1.29, 1.82) is 0 Å². The Bertz CT molecular complexity index is 295. The topological polar surface area (TPSA) is 49.4 Å². The molecule has 1 atom stereocenters. The number of hydrogen-bond donors (Lipinski definition) is 1. The van der Waals surface area contributed by atoms with Crippen LogP contribution < -0.4 is 5.32 Å². The van der Waals surface area contributed by atoms with Crippen LogP contribution in [0.1, 0.15) is 33.6 Å². The Labute approximate surface area is 114 Å². The second-order valence-corrected chi connectivity index (χ2v) is 6.42. The Kier molecular flexibility index (Phi) is 6.54. The highest BCUT2D eigenvalue weighted by atomic mass is 32.2. The summed E-state index contributed by atoms with van der Waals surface area (Å²) in [5.74, 6) is 2.51. The molecule has 0 radical (unpaired) electrons. The van der Waals surface area contributed by atoms with Gasteiger partial charge in [0.25, 0.3) is 0 Å². The molecule has 5 heteroatoms. The maximum atomic E-state index is 12.3. The maximum Gasteiger partial charge on any atom is 0.245 e. The molecule has 0 aromatic heterocycles. The molecule has 104 valence electrons. The quantitative estimate of drug-likeness (QED) is 0.746. The van der Waals surface area contributed by atoms with Gasteiger partial charge in [-0.1, -0.05) is 20.8 Å². The molecule has 1 aliphatic heterocycles. The lowest BCUT2D eigenvalue weighted by Gasteiger charge is -2.24. The minimum Gasteiger partial charge on any atom is -0.344 e. The normalized spacial score (nSPS) is 21.1. The first kappa shape index (κ1) is 15.3. The van der Waals surface area contributed by atoms with Crippen molar-refractivity contribution in [1.82, 2.24) is 10.2 Å². The van der Waals surface area contributed by atoms with Gasteiger partial charge in [-0.3, -0.25) is 9.59 Å². The van der Waals surface area contributed by atoms with E-state index in [-0.39, 0.29) is 17.9 Å². The van der Waals surface area contributed by atoms with Crippen molar-refractivity contribution in [2.24, 2.45) is 5.92 Å². The van der Waals surface area contributed by atoms with Crippen LogP contribution in [0.15, 0.2) is 0 Å². The molecule has 1 rings (SSSR count).